The zero-order valence-corrected chi connectivity index (χ0v) is 26.8. The normalized spacial score (nSPS) is 12.0. The molecular weight excluding hydrogens is 626 g/mol. The molecule has 220 valence electrons. The molecule has 0 aliphatic heterocycles. The Labute approximate surface area is 257 Å². The van der Waals surface area contributed by atoms with Crippen molar-refractivity contribution in [3.05, 3.63) is 99.0 Å². The molecular formula is C31H37BrClN3O4S. The summed E-state index contributed by atoms with van der Waals surface area (Å²) in [6, 6.07) is 21.6. The first-order chi connectivity index (χ1) is 19.5. The molecule has 0 radical (unpaired) electrons. The van der Waals surface area contributed by atoms with E-state index in [2.05, 4.69) is 21.2 Å². The number of benzene rings is 3. The number of amides is 2. The largest absolute Gasteiger partial charge is 0.354 e. The van der Waals surface area contributed by atoms with Gasteiger partial charge < -0.3 is 10.2 Å². The number of aryl methyl sites for hydroxylation is 1. The van der Waals surface area contributed by atoms with Gasteiger partial charge in [-0.2, -0.15) is 0 Å². The fraction of sp³-hybridized carbons (Fsp3) is 0.355. The molecule has 0 aliphatic rings. The van der Waals surface area contributed by atoms with Crippen LogP contribution in [0.5, 0.6) is 0 Å². The third-order valence-corrected chi connectivity index (χ3v) is 8.56. The van der Waals surface area contributed by atoms with Gasteiger partial charge >= 0.3 is 0 Å². The molecule has 0 unspecified atom stereocenters. The molecule has 0 spiro atoms. The van der Waals surface area contributed by atoms with Crippen LogP contribution >= 0.6 is 27.5 Å². The summed E-state index contributed by atoms with van der Waals surface area (Å²) in [5.74, 6) is -0.444. The zero-order valence-electron chi connectivity index (χ0n) is 23.6. The van der Waals surface area contributed by atoms with Crippen LogP contribution in [0.3, 0.4) is 0 Å². The summed E-state index contributed by atoms with van der Waals surface area (Å²) < 4.78 is 27.6. The Balaban J connectivity index is 1.89. The Morgan fingerprint density at radius 3 is 2.37 bits per heavy atom. The van der Waals surface area contributed by atoms with Crippen molar-refractivity contribution in [1.29, 1.82) is 0 Å². The quantitative estimate of drug-likeness (QED) is 0.225. The molecule has 0 bridgehead atoms. The van der Waals surface area contributed by atoms with Crippen LogP contribution in [-0.4, -0.2) is 50.5 Å². The lowest BCUT2D eigenvalue weighted by Crippen LogP contribution is -2.50. The third-order valence-electron chi connectivity index (χ3n) is 6.65. The number of halogens is 2. The number of nitrogens with one attached hydrogen (secondary N) is 1. The molecule has 10 heteroatoms. The fourth-order valence-electron chi connectivity index (χ4n) is 4.59. The third kappa shape index (κ3) is 9.87. The lowest BCUT2D eigenvalue weighted by Gasteiger charge is -2.32. The molecule has 0 aromatic heterocycles. The summed E-state index contributed by atoms with van der Waals surface area (Å²) in [5.41, 5.74) is 3.06. The number of hydrogen-bond acceptors (Lipinski definition) is 4. The van der Waals surface area contributed by atoms with Gasteiger partial charge in [0.15, 0.2) is 0 Å². The average Bonchev–Trinajstić information content (AvgIpc) is 2.93. The van der Waals surface area contributed by atoms with E-state index in [1.165, 1.54) is 4.31 Å². The van der Waals surface area contributed by atoms with Gasteiger partial charge in [0.2, 0.25) is 21.8 Å². The highest BCUT2D eigenvalue weighted by atomic mass is 79.9. The Hall–Kier alpha value is -2.88. The molecule has 0 aliphatic carbocycles. The lowest BCUT2D eigenvalue weighted by molar-refractivity contribution is -0.141. The Bertz CT molecular complexity index is 1440. The summed E-state index contributed by atoms with van der Waals surface area (Å²) in [6.45, 7) is 4.63. The summed E-state index contributed by atoms with van der Waals surface area (Å²) in [4.78, 5) is 29.0. The van der Waals surface area contributed by atoms with Gasteiger partial charge in [0.25, 0.3) is 0 Å². The Morgan fingerprint density at radius 2 is 1.71 bits per heavy atom. The van der Waals surface area contributed by atoms with E-state index in [0.717, 1.165) is 33.8 Å². The van der Waals surface area contributed by atoms with Crippen molar-refractivity contribution < 1.29 is 18.0 Å². The van der Waals surface area contributed by atoms with Crippen LogP contribution in [0.2, 0.25) is 5.02 Å². The van der Waals surface area contributed by atoms with Gasteiger partial charge in [-0.1, -0.05) is 83.0 Å². The molecule has 41 heavy (non-hydrogen) atoms. The van der Waals surface area contributed by atoms with Gasteiger partial charge in [0.1, 0.15) is 6.04 Å². The van der Waals surface area contributed by atoms with E-state index in [1.807, 2.05) is 68.4 Å². The number of sulfonamides is 1. The minimum absolute atomic E-state index is 0.0615. The maximum atomic E-state index is 13.9. The van der Waals surface area contributed by atoms with E-state index < -0.39 is 16.1 Å². The topological polar surface area (TPSA) is 86.8 Å². The first-order valence-corrected chi connectivity index (χ1v) is 16.6. The highest BCUT2D eigenvalue weighted by Gasteiger charge is 2.30. The van der Waals surface area contributed by atoms with Gasteiger partial charge in [0, 0.05) is 42.0 Å². The van der Waals surface area contributed by atoms with Crippen LogP contribution in [0.4, 0.5) is 5.69 Å². The van der Waals surface area contributed by atoms with Crippen LogP contribution in [0, 0.1) is 6.92 Å². The number of anilines is 1. The average molecular weight is 663 g/mol. The molecule has 3 rings (SSSR count). The van der Waals surface area contributed by atoms with Crippen LogP contribution in [0.1, 0.15) is 42.9 Å². The van der Waals surface area contributed by atoms with Gasteiger partial charge in [-0.05, 0) is 60.7 Å². The van der Waals surface area contributed by atoms with E-state index in [-0.39, 0.29) is 37.7 Å². The molecule has 7 nitrogen and oxygen atoms in total. The predicted molar refractivity (Wildman–Crippen MR) is 170 cm³/mol. The summed E-state index contributed by atoms with van der Waals surface area (Å²) in [6.07, 6.45) is 2.59. The van der Waals surface area contributed by atoms with Crippen molar-refractivity contribution in [1.82, 2.24) is 10.2 Å². The first-order valence-electron chi connectivity index (χ1n) is 13.6. The van der Waals surface area contributed by atoms with E-state index >= 15 is 0 Å². The minimum Gasteiger partial charge on any atom is -0.354 e. The molecule has 3 aromatic rings. The summed E-state index contributed by atoms with van der Waals surface area (Å²) in [7, 11) is -3.63. The maximum Gasteiger partial charge on any atom is 0.243 e. The van der Waals surface area contributed by atoms with E-state index in [4.69, 9.17) is 11.6 Å². The Morgan fingerprint density at radius 1 is 1.00 bits per heavy atom. The van der Waals surface area contributed by atoms with Crippen LogP contribution in [0.15, 0.2) is 77.3 Å². The highest BCUT2D eigenvalue weighted by molar-refractivity contribution is 9.10. The standard InChI is InChI=1S/C31H37BrClN3O4S/c1-4-17-34-31(38)29(20-24-10-6-5-7-11-24)35(22-25-12-8-13-26(32)19-25)30(37)14-9-18-36(41(3,39)40)28-21-27(33)16-15-23(28)2/h5-8,10-13,15-16,19,21,29H,4,9,14,17-18,20,22H2,1-3H3,(H,34,38)/t29-/m1/s1. The zero-order chi connectivity index (χ0) is 30.0. The van der Waals surface area contributed by atoms with Crippen LogP contribution in [-0.2, 0) is 32.6 Å². The van der Waals surface area contributed by atoms with Crippen molar-refractivity contribution >= 4 is 55.1 Å². The second-order valence-corrected chi connectivity index (χ2v) is 13.3. The molecule has 1 atom stereocenters. The van der Waals surface area contributed by atoms with Crippen molar-refractivity contribution in [3.8, 4) is 0 Å². The number of carbonyl (C=O) groups excluding carboxylic acids is 2. The van der Waals surface area contributed by atoms with Gasteiger partial charge in [-0.15, -0.1) is 0 Å². The monoisotopic (exact) mass is 661 g/mol. The fourth-order valence-corrected chi connectivity index (χ4v) is 6.21. The number of carbonyl (C=O) groups is 2. The summed E-state index contributed by atoms with van der Waals surface area (Å²) in [5, 5.41) is 3.40. The molecule has 0 saturated carbocycles. The number of nitrogens with zero attached hydrogens (tertiary/aromatic N) is 2. The number of rotatable bonds is 14. The van der Waals surface area contributed by atoms with Crippen molar-refractivity contribution in [2.45, 2.75) is 52.1 Å². The van der Waals surface area contributed by atoms with E-state index in [0.29, 0.717) is 23.7 Å². The highest BCUT2D eigenvalue weighted by Crippen LogP contribution is 2.27. The van der Waals surface area contributed by atoms with E-state index in [1.54, 1.807) is 23.1 Å². The van der Waals surface area contributed by atoms with Crippen molar-refractivity contribution in [3.63, 3.8) is 0 Å². The Kier molecular flexibility index (Phi) is 12.2. The first kappa shape index (κ1) is 32.6. The maximum absolute atomic E-state index is 13.9. The SMILES string of the molecule is CCCNC(=O)[C@@H](Cc1ccccc1)N(Cc1cccc(Br)c1)C(=O)CCCN(c1cc(Cl)ccc1C)S(C)(=O)=O. The van der Waals surface area contributed by atoms with Gasteiger partial charge in [0.05, 0.1) is 11.9 Å². The van der Waals surface area contributed by atoms with Gasteiger partial charge in [-0.25, -0.2) is 8.42 Å². The molecule has 3 aromatic carbocycles. The predicted octanol–water partition coefficient (Wildman–Crippen LogP) is 6.12. The van der Waals surface area contributed by atoms with Gasteiger partial charge in [-0.3, -0.25) is 13.9 Å². The molecule has 0 heterocycles. The van der Waals surface area contributed by atoms with Crippen molar-refractivity contribution in [2.24, 2.45) is 0 Å². The van der Waals surface area contributed by atoms with Crippen molar-refractivity contribution in [2.75, 3.05) is 23.7 Å². The minimum atomic E-state index is -3.63. The second kappa shape index (κ2) is 15.4. The van der Waals surface area contributed by atoms with E-state index in [9.17, 15) is 18.0 Å². The molecule has 0 saturated heterocycles. The number of hydrogen-bond donors (Lipinski definition) is 1. The molecule has 0 fully saturated rings. The van der Waals surface area contributed by atoms with Crippen LogP contribution in [0.25, 0.3) is 0 Å². The smallest absolute Gasteiger partial charge is 0.243 e. The second-order valence-electron chi connectivity index (χ2n) is 10.0. The van der Waals surface area contributed by atoms with Crippen LogP contribution < -0.4 is 9.62 Å². The molecule has 2 amide bonds. The lowest BCUT2D eigenvalue weighted by atomic mass is 10.0. The summed E-state index contributed by atoms with van der Waals surface area (Å²) >= 11 is 9.67. The molecule has 1 N–H and O–H groups in total.